The number of carbonyl (C=O) groups is 1. The van der Waals surface area contributed by atoms with Crippen LogP contribution in [-0.2, 0) is 0 Å². The third-order valence-electron chi connectivity index (χ3n) is 2.58. The van der Waals surface area contributed by atoms with E-state index in [9.17, 15) is 4.79 Å². The molecule has 1 aromatic carbocycles. The number of amides is 1. The molecule has 1 atom stereocenters. The first kappa shape index (κ1) is 11.4. The van der Waals surface area contributed by atoms with E-state index in [4.69, 9.17) is 11.5 Å². The molecular weight excluding hydrogens is 214 g/mol. The normalized spacial score (nSPS) is 23.0. The number of nitrogens with two attached hydrogens (primary N) is 2. The minimum absolute atomic E-state index is 0.201. The molecule has 0 fully saturated rings. The number of nitrogens with one attached hydrogen (secondary N) is 1. The average Bonchev–Trinajstić information content (AvgIpc) is 2.29. The summed E-state index contributed by atoms with van der Waals surface area (Å²) in [5.41, 5.74) is 12.1. The van der Waals surface area contributed by atoms with Gasteiger partial charge in [-0.15, -0.1) is 0 Å². The summed E-state index contributed by atoms with van der Waals surface area (Å²) >= 11 is 0. The standard InChI is InChI=1S/C13H15N3O/c14-11-7-4-8-13(15,9-11)16-12(17)10-5-2-1-3-6-10/h1-8H,9,14-15H2,(H,16,17). The van der Waals surface area contributed by atoms with Gasteiger partial charge < -0.3 is 16.8 Å². The Balaban J connectivity index is 2.10. The molecule has 88 valence electrons. The Morgan fingerprint density at radius 3 is 2.65 bits per heavy atom. The van der Waals surface area contributed by atoms with Gasteiger partial charge in [-0.2, -0.15) is 0 Å². The maximum absolute atomic E-state index is 11.9. The highest BCUT2D eigenvalue weighted by Crippen LogP contribution is 2.15. The quantitative estimate of drug-likeness (QED) is 0.658. The van der Waals surface area contributed by atoms with Gasteiger partial charge in [0.15, 0.2) is 0 Å². The molecule has 0 aliphatic heterocycles. The van der Waals surface area contributed by atoms with Crippen molar-refractivity contribution < 1.29 is 4.79 Å². The van der Waals surface area contributed by atoms with Gasteiger partial charge in [-0.1, -0.05) is 24.3 Å². The number of hydrogen-bond donors (Lipinski definition) is 3. The first-order valence-electron chi connectivity index (χ1n) is 5.39. The van der Waals surface area contributed by atoms with Gasteiger partial charge in [-0.3, -0.25) is 4.79 Å². The van der Waals surface area contributed by atoms with Crippen LogP contribution in [0, 0.1) is 0 Å². The predicted molar refractivity (Wildman–Crippen MR) is 66.9 cm³/mol. The summed E-state index contributed by atoms with van der Waals surface area (Å²) in [5, 5.41) is 2.77. The van der Waals surface area contributed by atoms with Crippen molar-refractivity contribution in [3.8, 4) is 0 Å². The number of carbonyl (C=O) groups excluding carboxylic acids is 1. The predicted octanol–water partition coefficient (Wildman–Crippen LogP) is 0.874. The third kappa shape index (κ3) is 2.73. The van der Waals surface area contributed by atoms with Crippen molar-refractivity contribution in [2.24, 2.45) is 11.5 Å². The van der Waals surface area contributed by atoms with Crippen LogP contribution in [0.15, 0.2) is 54.3 Å². The fourth-order valence-electron chi connectivity index (χ4n) is 1.76. The van der Waals surface area contributed by atoms with Crippen LogP contribution in [-0.4, -0.2) is 11.6 Å². The van der Waals surface area contributed by atoms with E-state index in [0.29, 0.717) is 17.7 Å². The molecule has 5 N–H and O–H groups in total. The fourth-order valence-corrected chi connectivity index (χ4v) is 1.76. The van der Waals surface area contributed by atoms with E-state index in [1.807, 2.05) is 18.2 Å². The average molecular weight is 229 g/mol. The van der Waals surface area contributed by atoms with Crippen molar-refractivity contribution in [2.45, 2.75) is 12.1 Å². The lowest BCUT2D eigenvalue weighted by Crippen LogP contribution is -2.55. The van der Waals surface area contributed by atoms with Crippen molar-refractivity contribution >= 4 is 5.91 Å². The van der Waals surface area contributed by atoms with E-state index >= 15 is 0 Å². The molecule has 0 saturated heterocycles. The smallest absolute Gasteiger partial charge is 0.252 e. The molecule has 0 aromatic heterocycles. The van der Waals surface area contributed by atoms with Crippen LogP contribution in [0.25, 0.3) is 0 Å². The minimum atomic E-state index is -0.897. The first-order chi connectivity index (χ1) is 8.09. The second-order valence-electron chi connectivity index (χ2n) is 4.14. The Bertz CT molecular complexity index is 479. The maximum atomic E-state index is 11.9. The van der Waals surface area contributed by atoms with Gasteiger partial charge >= 0.3 is 0 Å². The molecule has 1 aromatic rings. The number of rotatable bonds is 2. The van der Waals surface area contributed by atoms with Crippen molar-refractivity contribution in [1.29, 1.82) is 0 Å². The Hall–Kier alpha value is -2.07. The molecule has 4 heteroatoms. The molecule has 1 amide bonds. The summed E-state index contributed by atoms with van der Waals surface area (Å²) in [4.78, 5) is 11.9. The highest BCUT2D eigenvalue weighted by atomic mass is 16.1. The second-order valence-corrected chi connectivity index (χ2v) is 4.14. The maximum Gasteiger partial charge on any atom is 0.252 e. The summed E-state index contributed by atoms with van der Waals surface area (Å²) in [7, 11) is 0. The molecule has 1 aliphatic carbocycles. The van der Waals surface area contributed by atoms with Crippen LogP contribution in [0.4, 0.5) is 0 Å². The van der Waals surface area contributed by atoms with Crippen LogP contribution >= 0.6 is 0 Å². The van der Waals surface area contributed by atoms with Crippen LogP contribution in [0.2, 0.25) is 0 Å². The summed E-state index contributed by atoms with van der Waals surface area (Å²) in [6.07, 6.45) is 5.69. The fraction of sp³-hybridized carbons (Fsp3) is 0.154. The summed E-state index contributed by atoms with van der Waals surface area (Å²) < 4.78 is 0. The summed E-state index contributed by atoms with van der Waals surface area (Å²) in [6, 6.07) is 8.96. The topological polar surface area (TPSA) is 81.1 Å². The van der Waals surface area contributed by atoms with Gasteiger partial charge in [0.05, 0.1) is 0 Å². The SMILES string of the molecule is NC1=CC=CC(N)(NC(=O)c2ccccc2)C1. The van der Waals surface area contributed by atoms with E-state index in [1.165, 1.54) is 0 Å². The highest BCUT2D eigenvalue weighted by Gasteiger charge is 2.26. The van der Waals surface area contributed by atoms with E-state index in [-0.39, 0.29) is 5.91 Å². The minimum Gasteiger partial charge on any atom is -0.402 e. The highest BCUT2D eigenvalue weighted by molar-refractivity contribution is 5.94. The lowest BCUT2D eigenvalue weighted by Gasteiger charge is -2.29. The zero-order chi connectivity index (χ0) is 12.3. The molecule has 2 rings (SSSR count). The Kier molecular flexibility index (Phi) is 2.97. The van der Waals surface area contributed by atoms with Crippen molar-refractivity contribution in [1.82, 2.24) is 5.32 Å². The van der Waals surface area contributed by atoms with Crippen molar-refractivity contribution in [2.75, 3.05) is 0 Å². The largest absolute Gasteiger partial charge is 0.402 e. The van der Waals surface area contributed by atoms with Gasteiger partial charge in [0.1, 0.15) is 5.66 Å². The van der Waals surface area contributed by atoms with Crippen molar-refractivity contribution in [3.63, 3.8) is 0 Å². The first-order valence-corrected chi connectivity index (χ1v) is 5.39. The molecule has 4 nitrogen and oxygen atoms in total. The molecule has 0 heterocycles. The summed E-state index contributed by atoms with van der Waals surface area (Å²) in [5.74, 6) is -0.201. The molecule has 0 radical (unpaired) electrons. The number of hydrogen-bond acceptors (Lipinski definition) is 3. The summed E-state index contributed by atoms with van der Waals surface area (Å²) in [6.45, 7) is 0. The Morgan fingerprint density at radius 1 is 1.29 bits per heavy atom. The lowest BCUT2D eigenvalue weighted by molar-refractivity contribution is 0.0918. The molecule has 1 aliphatic rings. The van der Waals surface area contributed by atoms with Gasteiger partial charge in [-0.25, -0.2) is 0 Å². The molecule has 0 saturated carbocycles. The van der Waals surface area contributed by atoms with Gasteiger partial charge in [0.25, 0.3) is 5.91 Å². The zero-order valence-corrected chi connectivity index (χ0v) is 9.39. The molecule has 0 spiro atoms. The number of allylic oxidation sites excluding steroid dienone is 2. The van der Waals surface area contributed by atoms with E-state index in [2.05, 4.69) is 5.32 Å². The number of benzene rings is 1. The molecule has 0 bridgehead atoms. The van der Waals surface area contributed by atoms with Gasteiger partial charge in [0.2, 0.25) is 0 Å². The lowest BCUT2D eigenvalue weighted by atomic mass is 9.99. The van der Waals surface area contributed by atoms with E-state index < -0.39 is 5.66 Å². The van der Waals surface area contributed by atoms with Crippen LogP contribution in [0.1, 0.15) is 16.8 Å². The second kappa shape index (κ2) is 4.43. The Morgan fingerprint density at radius 2 is 2.00 bits per heavy atom. The van der Waals surface area contributed by atoms with Crippen molar-refractivity contribution in [3.05, 3.63) is 59.8 Å². The van der Waals surface area contributed by atoms with Crippen LogP contribution in [0.5, 0.6) is 0 Å². The molecular formula is C13H15N3O. The van der Waals surface area contributed by atoms with E-state index in [0.717, 1.165) is 0 Å². The van der Waals surface area contributed by atoms with Crippen LogP contribution < -0.4 is 16.8 Å². The monoisotopic (exact) mass is 229 g/mol. The third-order valence-corrected chi connectivity index (χ3v) is 2.58. The van der Waals surface area contributed by atoms with Gasteiger partial charge in [-0.05, 0) is 24.3 Å². The Labute approximate surface area is 100.0 Å². The van der Waals surface area contributed by atoms with E-state index in [1.54, 1.807) is 30.4 Å². The van der Waals surface area contributed by atoms with Crippen LogP contribution in [0.3, 0.4) is 0 Å². The van der Waals surface area contributed by atoms with Gasteiger partial charge in [0, 0.05) is 17.7 Å². The molecule has 17 heavy (non-hydrogen) atoms. The molecule has 1 unspecified atom stereocenters. The zero-order valence-electron chi connectivity index (χ0n) is 9.39.